The number of nitrogens with one attached hydrogen (secondary N) is 1. The second kappa shape index (κ2) is 4.71. The largest absolute Gasteiger partial charge is 0.332 e. The predicted octanol–water partition coefficient (Wildman–Crippen LogP) is 5.46. The second-order valence-corrected chi connectivity index (χ2v) is 9.50. The fraction of sp³-hybridized carbons (Fsp3) is 0.471. The molecule has 2 aliphatic carbocycles. The minimum absolute atomic E-state index is 0.570. The van der Waals surface area contributed by atoms with Crippen LogP contribution < -0.4 is 0 Å². The monoisotopic (exact) mass is 331 g/mol. The summed E-state index contributed by atoms with van der Waals surface area (Å²) in [6, 6.07) is 11.1. The van der Waals surface area contributed by atoms with Crippen LogP contribution in [0.3, 0.4) is 0 Å². The number of benzene rings is 1. The maximum Gasteiger partial charge on any atom is 0.159 e. The van der Waals surface area contributed by atoms with Gasteiger partial charge in [-0.1, -0.05) is 30.3 Å². The third-order valence-electron chi connectivity index (χ3n) is 5.62. The van der Waals surface area contributed by atoms with Gasteiger partial charge in [0.1, 0.15) is 0 Å². The van der Waals surface area contributed by atoms with Gasteiger partial charge >= 0.3 is 0 Å². The van der Waals surface area contributed by atoms with E-state index in [1.807, 2.05) is 11.3 Å². The Hall–Kier alpha value is -0.580. The lowest BCUT2D eigenvalue weighted by atomic mass is 9.75. The van der Waals surface area contributed by atoms with Crippen LogP contribution in [0.1, 0.15) is 35.6 Å². The van der Waals surface area contributed by atoms with E-state index in [0.717, 1.165) is 27.0 Å². The maximum atomic E-state index is 5.44. The van der Waals surface area contributed by atoms with Gasteiger partial charge in [-0.3, -0.25) is 0 Å². The lowest BCUT2D eigenvalue weighted by molar-refractivity contribution is 0.307. The minimum Gasteiger partial charge on any atom is -0.332 e. The second-order valence-electron chi connectivity index (χ2n) is 6.59. The first-order valence-corrected chi connectivity index (χ1v) is 9.86. The fourth-order valence-corrected chi connectivity index (χ4v) is 8.22. The first-order chi connectivity index (χ1) is 10.3. The van der Waals surface area contributed by atoms with Gasteiger partial charge in [0.25, 0.3) is 0 Å². The van der Waals surface area contributed by atoms with Gasteiger partial charge in [0.05, 0.1) is 5.03 Å². The van der Waals surface area contributed by atoms with Crippen LogP contribution in [0.2, 0.25) is 0 Å². The van der Waals surface area contributed by atoms with Gasteiger partial charge in [0.15, 0.2) is 3.95 Å². The van der Waals surface area contributed by atoms with Gasteiger partial charge in [0.2, 0.25) is 0 Å². The highest BCUT2D eigenvalue weighted by Crippen LogP contribution is 2.63. The summed E-state index contributed by atoms with van der Waals surface area (Å²) in [6.45, 7) is 0. The van der Waals surface area contributed by atoms with Crippen molar-refractivity contribution in [1.82, 2.24) is 4.98 Å². The van der Waals surface area contributed by atoms with Gasteiger partial charge in [-0.2, -0.15) is 0 Å². The number of aromatic amines is 1. The van der Waals surface area contributed by atoms with Crippen molar-refractivity contribution in [3.05, 3.63) is 44.7 Å². The SMILES string of the molecule is S=c1[nH]c2c(s1)C(c1ccccc1)C1C3CCC(C3)C1S2. The number of rotatable bonds is 1. The fourth-order valence-electron chi connectivity index (χ4n) is 4.88. The molecule has 0 radical (unpaired) electrons. The van der Waals surface area contributed by atoms with E-state index >= 15 is 0 Å². The van der Waals surface area contributed by atoms with Crippen LogP contribution in [0.25, 0.3) is 0 Å². The number of hydrogen-bond donors (Lipinski definition) is 1. The Bertz CT molecular complexity index is 732. The van der Waals surface area contributed by atoms with E-state index in [0.29, 0.717) is 5.92 Å². The van der Waals surface area contributed by atoms with Gasteiger partial charge in [0, 0.05) is 16.0 Å². The summed E-state index contributed by atoms with van der Waals surface area (Å²) < 4.78 is 0.945. The van der Waals surface area contributed by atoms with E-state index in [9.17, 15) is 0 Å². The van der Waals surface area contributed by atoms with E-state index in [1.165, 1.54) is 34.7 Å². The van der Waals surface area contributed by atoms with Crippen LogP contribution in [0, 0.1) is 21.7 Å². The molecule has 1 nitrogen and oxygen atoms in total. The Morgan fingerprint density at radius 3 is 2.76 bits per heavy atom. The summed E-state index contributed by atoms with van der Waals surface area (Å²) in [6.07, 6.45) is 4.35. The Morgan fingerprint density at radius 1 is 1.10 bits per heavy atom. The van der Waals surface area contributed by atoms with E-state index < -0.39 is 0 Å². The molecule has 2 fully saturated rings. The van der Waals surface area contributed by atoms with Crippen LogP contribution in [0.15, 0.2) is 35.4 Å². The van der Waals surface area contributed by atoms with Gasteiger partial charge in [-0.25, -0.2) is 0 Å². The molecule has 5 unspecified atom stereocenters. The Morgan fingerprint density at radius 2 is 1.90 bits per heavy atom. The van der Waals surface area contributed by atoms with Crippen LogP contribution in [0.4, 0.5) is 0 Å². The first kappa shape index (κ1) is 12.9. The quantitative estimate of drug-likeness (QED) is 0.698. The highest BCUT2D eigenvalue weighted by atomic mass is 32.2. The Balaban J connectivity index is 1.70. The Labute approximate surface area is 138 Å². The molecule has 2 bridgehead atoms. The molecule has 0 saturated heterocycles. The number of thioether (sulfide) groups is 1. The topological polar surface area (TPSA) is 15.8 Å². The molecule has 1 aliphatic heterocycles. The number of fused-ring (bicyclic) bond motifs is 6. The number of thiazole rings is 1. The van der Waals surface area contributed by atoms with Crippen molar-refractivity contribution in [2.24, 2.45) is 17.8 Å². The van der Waals surface area contributed by atoms with Crippen molar-refractivity contribution in [3.8, 4) is 0 Å². The summed E-state index contributed by atoms with van der Waals surface area (Å²) in [5.74, 6) is 3.26. The lowest BCUT2D eigenvalue weighted by Gasteiger charge is -2.40. The van der Waals surface area contributed by atoms with Crippen molar-refractivity contribution >= 4 is 35.3 Å². The van der Waals surface area contributed by atoms with E-state index in [1.54, 1.807) is 0 Å². The van der Waals surface area contributed by atoms with Gasteiger partial charge in [-0.05, 0) is 54.8 Å². The standard InChI is InChI=1S/C17H17NS3/c19-17-18-16-15(21-17)12(9-4-2-1-3-5-9)13-10-6-7-11(8-10)14(13)20-16/h1-5,10-14H,6-8H2,(H,18,19). The molecule has 108 valence electrons. The Kier molecular flexibility index (Phi) is 2.89. The molecule has 2 saturated carbocycles. The molecule has 5 rings (SSSR count). The molecule has 3 aliphatic rings. The zero-order chi connectivity index (χ0) is 14.0. The van der Waals surface area contributed by atoms with Crippen molar-refractivity contribution in [3.63, 3.8) is 0 Å². The molecular weight excluding hydrogens is 314 g/mol. The van der Waals surface area contributed by atoms with Crippen molar-refractivity contribution < 1.29 is 0 Å². The molecular formula is C17H17NS3. The maximum absolute atomic E-state index is 5.44. The molecule has 5 atom stereocenters. The van der Waals surface area contributed by atoms with Crippen LogP contribution >= 0.6 is 35.3 Å². The van der Waals surface area contributed by atoms with Crippen LogP contribution in [0.5, 0.6) is 0 Å². The van der Waals surface area contributed by atoms with Crippen molar-refractivity contribution in [1.29, 1.82) is 0 Å². The van der Waals surface area contributed by atoms with E-state index in [4.69, 9.17) is 12.2 Å². The highest BCUT2D eigenvalue weighted by Gasteiger charge is 2.54. The van der Waals surface area contributed by atoms with Crippen molar-refractivity contribution in [2.75, 3.05) is 0 Å². The summed E-state index contributed by atoms with van der Waals surface area (Å²) >= 11 is 9.35. The summed E-state index contributed by atoms with van der Waals surface area (Å²) in [4.78, 5) is 4.97. The third kappa shape index (κ3) is 1.85. The molecule has 2 heterocycles. The summed E-state index contributed by atoms with van der Waals surface area (Å²) in [5, 5.41) is 2.18. The van der Waals surface area contributed by atoms with Crippen LogP contribution in [-0.4, -0.2) is 10.2 Å². The summed E-state index contributed by atoms with van der Waals surface area (Å²) in [7, 11) is 0. The van der Waals surface area contributed by atoms with Gasteiger partial charge in [-0.15, -0.1) is 23.1 Å². The molecule has 1 aromatic heterocycles. The predicted molar refractivity (Wildman–Crippen MR) is 91.8 cm³/mol. The zero-order valence-electron chi connectivity index (χ0n) is 11.6. The van der Waals surface area contributed by atoms with Gasteiger partial charge < -0.3 is 4.98 Å². The molecule has 1 aromatic carbocycles. The minimum atomic E-state index is 0.570. The molecule has 1 N–H and O–H groups in total. The number of hydrogen-bond acceptors (Lipinski definition) is 3. The lowest BCUT2D eigenvalue weighted by Crippen LogP contribution is -2.33. The third-order valence-corrected chi connectivity index (χ3v) is 8.60. The average Bonchev–Trinajstić information content (AvgIpc) is 3.18. The van der Waals surface area contributed by atoms with E-state index in [-0.39, 0.29) is 0 Å². The molecule has 0 amide bonds. The van der Waals surface area contributed by atoms with Crippen LogP contribution in [-0.2, 0) is 0 Å². The molecule has 21 heavy (non-hydrogen) atoms. The molecule has 0 spiro atoms. The zero-order valence-corrected chi connectivity index (χ0v) is 14.1. The molecule has 2 aromatic rings. The first-order valence-electron chi connectivity index (χ1n) is 7.76. The normalized spacial score (nSPS) is 36.5. The summed E-state index contributed by atoms with van der Waals surface area (Å²) in [5.41, 5.74) is 1.49. The molecule has 4 heteroatoms. The number of H-pyrrole nitrogens is 1. The highest BCUT2D eigenvalue weighted by molar-refractivity contribution is 8.00. The van der Waals surface area contributed by atoms with Crippen molar-refractivity contribution in [2.45, 2.75) is 35.5 Å². The number of aromatic nitrogens is 1. The average molecular weight is 332 g/mol. The smallest absolute Gasteiger partial charge is 0.159 e. The van der Waals surface area contributed by atoms with E-state index in [2.05, 4.69) is 47.1 Å².